The molecule has 0 saturated heterocycles. The van der Waals surface area contributed by atoms with Crippen molar-refractivity contribution >= 4 is 112 Å². The highest BCUT2D eigenvalue weighted by atomic mass is 32.1. The third-order valence-corrected chi connectivity index (χ3v) is 13.2. The molecule has 4 heterocycles. The van der Waals surface area contributed by atoms with Gasteiger partial charge in [-0.25, -0.2) is 4.98 Å². The molecular formula is C45H26N4S3. The molecule has 0 saturated carbocycles. The Morgan fingerprint density at radius 2 is 0.846 bits per heavy atom. The van der Waals surface area contributed by atoms with Crippen LogP contribution in [0.5, 0.6) is 0 Å². The van der Waals surface area contributed by atoms with Gasteiger partial charge in [-0.05, 0) is 72.8 Å². The Hall–Kier alpha value is -5.99. The van der Waals surface area contributed by atoms with Crippen LogP contribution in [0.15, 0.2) is 158 Å². The summed E-state index contributed by atoms with van der Waals surface area (Å²) in [6.45, 7) is 0. The first kappa shape index (κ1) is 29.7. The van der Waals surface area contributed by atoms with E-state index in [2.05, 4.69) is 157 Å². The van der Waals surface area contributed by atoms with E-state index < -0.39 is 0 Å². The highest BCUT2D eigenvalue weighted by Crippen LogP contribution is 2.45. The first-order valence-corrected chi connectivity index (χ1v) is 19.5. The summed E-state index contributed by atoms with van der Waals surface area (Å²) in [5, 5.41) is 7.39. The van der Waals surface area contributed by atoms with Gasteiger partial charge in [0.1, 0.15) is 0 Å². The highest BCUT2D eigenvalue weighted by Gasteiger charge is 2.23. The van der Waals surface area contributed by atoms with E-state index in [9.17, 15) is 0 Å². The molecule has 0 atom stereocenters. The van der Waals surface area contributed by atoms with Crippen molar-refractivity contribution in [3.8, 4) is 22.8 Å². The van der Waals surface area contributed by atoms with E-state index in [0.29, 0.717) is 17.6 Å². The molecule has 244 valence electrons. The van der Waals surface area contributed by atoms with Gasteiger partial charge in [0.05, 0.1) is 10.4 Å². The van der Waals surface area contributed by atoms with Crippen LogP contribution < -0.4 is 4.90 Å². The SMILES string of the molecule is c1ccc(N(c2nc(-c3ccc4sc5ccccc5c4c3)nc(-c3ccc4sc5ccccc5c4c3)n2)c2cccc3c2sc2ccccc23)cc1. The monoisotopic (exact) mass is 718 g/mol. The van der Waals surface area contributed by atoms with Gasteiger partial charge in [0.15, 0.2) is 11.6 Å². The topological polar surface area (TPSA) is 41.9 Å². The van der Waals surface area contributed by atoms with Crippen LogP contribution in [0.4, 0.5) is 17.3 Å². The number of anilines is 3. The predicted molar refractivity (Wildman–Crippen MR) is 224 cm³/mol. The molecule has 4 nitrogen and oxygen atoms in total. The van der Waals surface area contributed by atoms with Crippen molar-refractivity contribution in [2.24, 2.45) is 0 Å². The van der Waals surface area contributed by atoms with Gasteiger partial charge in [-0.2, -0.15) is 9.97 Å². The molecule has 0 unspecified atom stereocenters. The smallest absolute Gasteiger partial charge is 0.238 e. The van der Waals surface area contributed by atoms with Gasteiger partial charge in [0, 0.05) is 72.6 Å². The van der Waals surface area contributed by atoms with Crippen LogP contribution in [0.2, 0.25) is 0 Å². The van der Waals surface area contributed by atoms with Crippen molar-refractivity contribution in [3.63, 3.8) is 0 Å². The van der Waals surface area contributed by atoms with Gasteiger partial charge in [0.25, 0.3) is 0 Å². The molecule has 0 radical (unpaired) electrons. The average molecular weight is 719 g/mol. The fraction of sp³-hybridized carbons (Fsp3) is 0. The van der Waals surface area contributed by atoms with Crippen LogP contribution in [0.1, 0.15) is 0 Å². The predicted octanol–water partition coefficient (Wildman–Crippen LogP) is 13.8. The highest BCUT2D eigenvalue weighted by molar-refractivity contribution is 7.27. The molecule has 52 heavy (non-hydrogen) atoms. The summed E-state index contributed by atoms with van der Waals surface area (Å²) < 4.78 is 7.48. The minimum absolute atomic E-state index is 0.571. The molecule has 7 heteroatoms. The molecule has 0 N–H and O–H groups in total. The van der Waals surface area contributed by atoms with E-state index in [4.69, 9.17) is 15.0 Å². The summed E-state index contributed by atoms with van der Waals surface area (Å²) in [6, 6.07) is 56.0. The number of hydrogen-bond donors (Lipinski definition) is 0. The van der Waals surface area contributed by atoms with Crippen molar-refractivity contribution in [2.45, 2.75) is 0 Å². The number of aromatic nitrogens is 3. The quantitative estimate of drug-likeness (QED) is 0.178. The summed E-state index contributed by atoms with van der Waals surface area (Å²) in [5.74, 6) is 1.84. The molecular weight excluding hydrogens is 693 g/mol. The Morgan fingerprint density at radius 3 is 1.44 bits per heavy atom. The number of benzene rings is 7. The number of fused-ring (bicyclic) bond motifs is 9. The lowest BCUT2D eigenvalue weighted by Gasteiger charge is -2.24. The average Bonchev–Trinajstić information content (AvgIpc) is 3.89. The molecule has 0 aliphatic rings. The minimum atomic E-state index is 0.571. The maximum Gasteiger partial charge on any atom is 0.238 e. The van der Waals surface area contributed by atoms with Crippen molar-refractivity contribution < 1.29 is 0 Å². The Kier molecular flexibility index (Phi) is 6.73. The Balaban J connectivity index is 1.19. The van der Waals surface area contributed by atoms with Gasteiger partial charge < -0.3 is 0 Å². The largest absolute Gasteiger partial charge is 0.278 e. The van der Waals surface area contributed by atoms with Gasteiger partial charge in [-0.3, -0.25) is 4.90 Å². The van der Waals surface area contributed by atoms with Crippen LogP contribution in [0, 0.1) is 0 Å². The molecule has 0 amide bonds. The number of rotatable bonds is 5. The summed E-state index contributed by atoms with van der Waals surface area (Å²) in [7, 11) is 0. The minimum Gasteiger partial charge on any atom is -0.278 e. The second kappa shape index (κ2) is 11.8. The Labute approximate surface area is 310 Å². The van der Waals surface area contributed by atoms with Gasteiger partial charge in [0.2, 0.25) is 5.95 Å². The van der Waals surface area contributed by atoms with E-state index in [0.717, 1.165) is 22.5 Å². The van der Waals surface area contributed by atoms with E-state index in [1.165, 1.54) is 60.5 Å². The molecule has 0 aliphatic carbocycles. The standard InChI is InChI=1S/C45H26N4S3/c1-2-11-29(12-3-1)49(36-17-10-16-33-30-13-4-9-20-39(30)52-42(33)36)45-47-43(27-21-23-40-34(25-27)31-14-5-7-18-37(31)50-40)46-44(48-45)28-22-24-41-35(26-28)32-15-6-8-19-38(32)51-41/h1-26H. The molecule has 0 spiro atoms. The van der Waals surface area contributed by atoms with E-state index in [1.807, 2.05) is 28.7 Å². The zero-order valence-corrected chi connectivity index (χ0v) is 30.0. The number of nitrogens with zero attached hydrogens (tertiary/aromatic N) is 4. The molecule has 7 aromatic carbocycles. The maximum absolute atomic E-state index is 5.33. The third kappa shape index (κ3) is 4.74. The number of thiophene rings is 3. The zero-order chi connectivity index (χ0) is 34.2. The van der Waals surface area contributed by atoms with Gasteiger partial charge in [-0.15, -0.1) is 34.0 Å². The van der Waals surface area contributed by atoms with Crippen LogP contribution in [-0.4, -0.2) is 15.0 Å². The van der Waals surface area contributed by atoms with Crippen LogP contribution in [0.25, 0.3) is 83.3 Å². The molecule has 0 bridgehead atoms. The molecule has 11 rings (SSSR count). The summed E-state index contributed by atoms with van der Waals surface area (Å²) in [6.07, 6.45) is 0. The van der Waals surface area contributed by atoms with Crippen LogP contribution in [0.3, 0.4) is 0 Å². The van der Waals surface area contributed by atoms with Gasteiger partial charge in [-0.1, -0.05) is 84.9 Å². The fourth-order valence-electron chi connectivity index (χ4n) is 7.30. The first-order valence-electron chi connectivity index (χ1n) is 17.1. The summed E-state index contributed by atoms with van der Waals surface area (Å²) in [4.78, 5) is 18.1. The lowest BCUT2D eigenvalue weighted by molar-refractivity contribution is 1.03. The second-order valence-electron chi connectivity index (χ2n) is 12.8. The van der Waals surface area contributed by atoms with Crippen molar-refractivity contribution in [1.82, 2.24) is 15.0 Å². The van der Waals surface area contributed by atoms with E-state index in [-0.39, 0.29) is 0 Å². The molecule has 0 fully saturated rings. The molecule has 4 aromatic heterocycles. The number of hydrogen-bond acceptors (Lipinski definition) is 7. The molecule has 11 aromatic rings. The lowest BCUT2D eigenvalue weighted by atomic mass is 10.1. The molecule has 0 aliphatic heterocycles. The van der Waals surface area contributed by atoms with Crippen LogP contribution >= 0.6 is 34.0 Å². The normalized spacial score (nSPS) is 11.8. The van der Waals surface area contributed by atoms with E-state index >= 15 is 0 Å². The van der Waals surface area contributed by atoms with Crippen LogP contribution in [-0.2, 0) is 0 Å². The number of para-hydroxylation sites is 1. The van der Waals surface area contributed by atoms with E-state index in [1.54, 1.807) is 11.3 Å². The fourth-order valence-corrected chi connectivity index (χ4v) is 10.7. The maximum atomic E-state index is 5.33. The lowest BCUT2D eigenvalue weighted by Crippen LogP contribution is -2.15. The van der Waals surface area contributed by atoms with Gasteiger partial charge >= 0.3 is 0 Å². The Morgan fingerprint density at radius 1 is 0.365 bits per heavy atom. The van der Waals surface area contributed by atoms with Crippen molar-refractivity contribution in [3.05, 3.63) is 158 Å². The summed E-state index contributed by atoms with van der Waals surface area (Å²) >= 11 is 5.43. The first-order chi connectivity index (χ1) is 25.7. The third-order valence-electron chi connectivity index (χ3n) is 9.73. The Bertz CT molecular complexity index is 3030. The zero-order valence-electron chi connectivity index (χ0n) is 27.5. The van der Waals surface area contributed by atoms with Crippen molar-refractivity contribution in [1.29, 1.82) is 0 Å². The second-order valence-corrected chi connectivity index (χ2v) is 16.0. The summed E-state index contributed by atoms with van der Waals surface area (Å²) in [5.41, 5.74) is 3.92. The van der Waals surface area contributed by atoms with Crippen molar-refractivity contribution in [2.75, 3.05) is 4.90 Å².